The second kappa shape index (κ2) is 43.2. The number of aliphatic hydroxyl groups excluding tert-OH is 2. The summed E-state index contributed by atoms with van der Waals surface area (Å²) in [6.45, 7) is 6.35. The van der Waals surface area contributed by atoms with Crippen molar-refractivity contribution >= 4 is 11.9 Å². The zero-order valence-electron chi connectivity index (χ0n) is 36.6. The van der Waals surface area contributed by atoms with Gasteiger partial charge < -0.3 is 20.3 Å². The molecule has 0 aliphatic heterocycles. The molecule has 0 radical (unpaired) electrons. The highest BCUT2D eigenvalue weighted by atomic mass is 16.5. The molecule has 0 aromatic carbocycles. The molecule has 3 unspecified atom stereocenters. The Bertz CT molecular complexity index is 915. The first kappa shape index (κ1) is 53.1. The largest absolute Gasteiger partial charge is 0.462 e. The maximum absolute atomic E-state index is 13.1. The van der Waals surface area contributed by atoms with Crippen molar-refractivity contribution in [2.75, 3.05) is 6.61 Å². The average Bonchev–Trinajstić information content (AvgIpc) is 3.18. The Morgan fingerprint density at radius 3 is 1.49 bits per heavy atom. The number of carbonyl (C=O) groups excluding carboxylic acids is 2. The van der Waals surface area contributed by atoms with E-state index in [4.69, 9.17) is 4.74 Å². The zero-order valence-corrected chi connectivity index (χ0v) is 36.6. The first-order chi connectivity index (χ1) is 27.0. The molecular weight excluding hydrogens is 683 g/mol. The van der Waals surface area contributed by atoms with Crippen molar-refractivity contribution in [2.24, 2.45) is 0 Å². The summed E-state index contributed by atoms with van der Waals surface area (Å²) in [6, 6.07) is -0.701. The third kappa shape index (κ3) is 38.7. The molecule has 0 aromatic heterocycles. The predicted molar refractivity (Wildman–Crippen MR) is 236 cm³/mol. The van der Waals surface area contributed by atoms with E-state index >= 15 is 0 Å². The quantitative estimate of drug-likeness (QED) is 0.0326. The van der Waals surface area contributed by atoms with Crippen LogP contribution in [0.1, 0.15) is 239 Å². The highest BCUT2D eigenvalue weighted by molar-refractivity contribution is 5.77. The number of esters is 1. The molecule has 0 heterocycles. The Kier molecular flexibility index (Phi) is 41.7. The number of ether oxygens (including phenoxy) is 1. The first-order valence-electron chi connectivity index (χ1n) is 23.7. The SMILES string of the molecule is CC/C=C/C/C=C/C/C=C/CCCCCCC(=O)OC(CCCCCCCCCCCCCC)CC(=O)NC(CO)C(O)CCCCCCCCCCCC. The monoisotopic (exact) mass is 774 g/mol. The molecular formula is C49H91NO5. The van der Waals surface area contributed by atoms with Crippen molar-refractivity contribution in [3.63, 3.8) is 0 Å². The van der Waals surface area contributed by atoms with E-state index in [1.165, 1.54) is 109 Å². The number of amides is 1. The number of carbonyl (C=O) groups is 2. The minimum atomic E-state index is -0.786. The average molecular weight is 774 g/mol. The number of aliphatic hydroxyl groups is 2. The van der Waals surface area contributed by atoms with Crippen LogP contribution in [0.15, 0.2) is 36.5 Å². The minimum absolute atomic E-state index is 0.0716. The van der Waals surface area contributed by atoms with Crippen LogP contribution in [-0.4, -0.2) is 46.9 Å². The fourth-order valence-corrected chi connectivity index (χ4v) is 7.15. The van der Waals surface area contributed by atoms with Crippen LogP contribution < -0.4 is 5.32 Å². The second-order valence-corrected chi connectivity index (χ2v) is 16.1. The van der Waals surface area contributed by atoms with Gasteiger partial charge in [0.25, 0.3) is 0 Å². The molecule has 0 fully saturated rings. The lowest BCUT2D eigenvalue weighted by atomic mass is 10.0. The number of nitrogens with one attached hydrogen (secondary N) is 1. The van der Waals surface area contributed by atoms with Gasteiger partial charge in [0.05, 0.1) is 25.2 Å². The van der Waals surface area contributed by atoms with Gasteiger partial charge in [0.1, 0.15) is 6.10 Å². The van der Waals surface area contributed by atoms with E-state index in [0.717, 1.165) is 83.5 Å². The Hall–Kier alpha value is -1.92. The van der Waals surface area contributed by atoms with Gasteiger partial charge in [0.2, 0.25) is 5.91 Å². The van der Waals surface area contributed by atoms with Crippen LogP contribution in [0.25, 0.3) is 0 Å². The molecule has 0 rings (SSSR count). The van der Waals surface area contributed by atoms with Gasteiger partial charge >= 0.3 is 5.97 Å². The summed E-state index contributed by atoms with van der Waals surface area (Å²) in [5, 5.41) is 23.6. The van der Waals surface area contributed by atoms with Crippen LogP contribution in [-0.2, 0) is 14.3 Å². The van der Waals surface area contributed by atoms with Gasteiger partial charge in [-0.15, -0.1) is 0 Å². The number of rotatable bonds is 42. The summed E-state index contributed by atoms with van der Waals surface area (Å²) in [7, 11) is 0. The molecule has 0 bridgehead atoms. The molecule has 6 nitrogen and oxygen atoms in total. The van der Waals surface area contributed by atoms with E-state index in [-0.39, 0.29) is 24.9 Å². The fourth-order valence-electron chi connectivity index (χ4n) is 7.15. The van der Waals surface area contributed by atoms with E-state index in [1.807, 2.05) is 0 Å². The van der Waals surface area contributed by atoms with E-state index in [9.17, 15) is 19.8 Å². The van der Waals surface area contributed by atoms with E-state index in [2.05, 4.69) is 62.5 Å². The summed E-state index contributed by atoms with van der Waals surface area (Å²) >= 11 is 0. The second-order valence-electron chi connectivity index (χ2n) is 16.1. The Morgan fingerprint density at radius 2 is 0.982 bits per heavy atom. The summed E-state index contributed by atoms with van der Waals surface area (Å²) < 4.78 is 5.90. The van der Waals surface area contributed by atoms with Crippen molar-refractivity contribution in [3.05, 3.63) is 36.5 Å². The Morgan fingerprint density at radius 1 is 0.545 bits per heavy atom. The van der Waals surface area contributed by atoms with Crippen molar-refractivity contribution in [2.45, 2.75) is 257 Å². The number of allylic oxidation sites excluding steroid dienone is 6. The molecule has 55 heavy (non-hydrogen) atoms. The Labute approximate surface area is 341 Å². The van der Waals surface area contributed by atoms with Crippen molar-refractivity contribution in [3.8, 4) is 0 Å². The highest BCUT2D eigenvalue weighted by Crippen LogP contribution is 2.18. The summed E-state index contributed by atoms with van der Waals surface area (Å²) in [4.78, 5) is 26.0. The summed E-state index contributed by atoms with van der Waals surface area (Å²) in [5.74, 6) is -0.494. The molecule has 1 amide bonds. The molecule has 322 valence electrons. The predicted octanol–water partition coefficient (Wildman–Crippen LogP) is 13.7. The first-order valence-corrected chi connectivity index (χ1v) is 23.7. The number of hydrogen-bond donors (Lipinski definition) is 3. The third-order valence-electron chi connectivity index (χ3n) is 10.7. The topological polar surface area (TPSA) is 95.9 Å². The molecule has 0 aliphatic carbocycles. The van der Waals surface area contributed by atoms with E-state index < -0.39 is 18.2 Å². The van der Waals surface area contributed by atoms with Crippen molar-refractivity contribution in [1.29, 1.82) is 0 Å². The van der Waals surface area contributed by atoms with Gasteiger partial charge in [-0.05, 0) is 57.8 Å². The van der Waals surface area contributed by atoms with E-state index in [0.29, 0.717) is 19.3 Å². The molecule has 0 spiro atoms. The molecule has 0 aromatic rings. The maximum Gasteiger partial charge on any atom is 0.306 e. The molecule has 6 heteroatoms. The van der Waals surface area contributed by atoms with Crippen LogP contribution in [0, 0.1) is 0 Å². The lowest BCUT2D eigenvalue weighted by Crippen LogP contribution is -2.46. The van der Waals surface area contributed by atoms with Crippen LogP contribution in [0.2, 0.25) is 0 Å². The van der Waals surface area contributed by atoms with Crippen LogP contribution >= 0.6 is 0 Å². The normalized spacial score (nSPS) is 13.6. The smallest absolute Gasteiger partial charge is 0.306 e. The lowest BCUT2D eigenvalue weighted by molar-refractivity contribution is -0.151. The Balaban J connectivity index is 4.61. The van der Waals surface area contributed by atoms with Gasteiger partial charge in [0.15, 0.2) is 0 Å². The summed E-state index contributed by atoms with van der Waals surface area (Å²) in [6.07, 6.45) is 49.1. The van der Waals surface area contributed by atoms with E-state index in [1.54, 1.807) is 0 Å². The standard InChI is InChI=1S/C49H91NO5/c1-4-7-10-13-16-19-22-24-25-27-30-33-36-39-42-49(54)55-45(40-37-34-31-28-26-23-20-17-14-11-8-5-2)43-48(53)50-46(44-51)47(52)41-38-35-32-29-21-18-15-12-9-6-3/h7,10,16,19,24-25,45-47,51-52H,4-6,8-9,11-15,17-18,20-23,26-44H2,1-3H3,(H,50,53)/b10-7+,19-16+,25-24+. The van der Waals surface area contributed by atoms with Crippen molar-refractivity contribution < 1.29 is 24.5 Å². The van der Waals surface area contributed by atoms with Crippen LogP contribution in [0.4, 0.5) is 0 Å². The molecule has 0 saturated heterocycles. The fraction of sp³-hybridized carbons (Fsp3) is 0.837. The van der Waals surface area contributed by atoms with Crippen LogP contribution in [0.5, 0.6) is 0 Å². The molecule has 0 saturated carbocycles. The third-order valence-corrected chi connectivity index (χ3v) is 10.7. The lowest BCUT2D eigenvalue weighted by Gasteiger charge is -2.24. The van der Waals surface area contributed by atoms with Gasteiger partial charge in [-0.2, -0.15) is 0 Å². The molecule has 3 atom stereocenters. The zero-order chi connectivity index (χ0) is 40.3. The molecule has 3 N–H and O–H groups in total. The van der Waals surface area contributed by atoms with Gasteiger partial charge in [0, 0.05) is 6.42 Å². The van der Waals surface area contributed by atoms with Crippen molar-refractivity contribution in [1.82, 2.24) is 5.32 Å². The minimum Gasteiger partial charge on any atom is -0.462 e. The highest BCUT2D eigenvalue weighted by Gasteiger charge is 2.24. The van der Waals surface area contributed by atoms with Gasteiger partial charge in [-0.25, -0.2) is 0 Å². The number of hydrogen-bond acceptors (Lipinski definition) is 5. The summed E-state index contributed by atoms with van der Waals surface area (Å²) in [5.41, 5.74) is 0. The van der Waals surface area contributed by atoms with Crippen LogP contribution in [0.3, 0.4) is 0 Å². The number of unbranched alkanes of at least 4 members (excludes halogenated alkanes) is 24. The van der Waals surface area contributed by atoms with Gasteiger partial charge in [-0.1, -0.05) is 205 Å². The molecule has 0 aliphatic rings. The van der Waals surface area contributed by atoms with Gasteiger partial charge in [-0.3, -0.25) is 9.59 Å². The maximum atomic E-state index is 13.1.